The van der Waals surface area contributed by atoms with E-state index in [2.05, 4.69) is 41.9 Å². The largest absolute Gasteiger partial charge is 0.497 e. The third-order valence-corrected chi connectivity index (χ3v) is 4.43. The molecule has 0 saturated heterocycles. The molecule has 0 saturated carbocycles. The molecule has 112 valence electrons. The molecular formula is C18H21BrO2. The smallest absolute Gasteiger partial charge is 0.119 e. The van der Waals surface area contributed by atoms with E-state index in [9.17, 15) is 5.11 Å². The van der Waals surface area contributed by atoms with Crippen molar-refractivity contribution in [1.29, 1.82) is 0 Å². The summed E-state index contributed by atoms with van der Waals surface area (Å²) in [7, 11) is 1.65. The van der Waals surface area contributed by atoms with Crippen LogP contribution in [-0.2, 0) is 6.42 Å². The van der Waals surface area contributed by atoms with Gasteiger partial charge in [0.05, 0.1) is 13.2 Å². The van der Waals surface area contributed by atoms with Crippen molar-refractivity contribution in [3.63, 3.8) is 0 Å². The van der Waals surface area contributed by atoms with Crippen LogP contribution < -0.4 is 4.74 Å². The van der Waals surface area contributed by atoms with Crippen LogP contribution >= 0.6 is 15.9 Å². The Morgan fingerprint density at radius 2 is 1.67 bits per heavy atom. The number of rotatable bonds is 5. The van der Waals surface area contributed by atoms with Crippen molar-refractivity contribution >= 4 is 15.9 Å². The van der Waals surface area contributed by atoms with Crippen LogP contribution in [0.4, 0.5) is 0 Å². The molecule has 0 aliphatic carbocycles. The molecule has 0 aliphatic heterocycles. The summed E-state index contributed by atoms with van der Waals surface area (Å²) in [5.74, 6) is 1.30. The zero-order chi connectivity index (χ0) is 15.4. The zero-order valence-electron chi connectivity index (χ0n) is 12.6. The Balaban J connectivity index is 2.15. The van der Waals surface area contributed by atoms with Gasteiger partial charge in [-0.05, 0) is 40.8 Å². The normalized spacial score (nSPS) is 12.5. The molecule has 0 spiro atoms. The molecule has 0 radical (unpaired) electrons. The first-order valence-corrected chi connectivity index (χ1v) is 7.91. The van der Waals surface area contributed by atoms with E-state index in [-0.39, 0.29) is 0 Å². The molecule has 1 N–H and O–H groups in total. The molecule has 1 unspecified atom stereocenters. The van der Waals surface area contributed by atoms with Gasteiger partial charge in [-0.1, -0.05) is 54.0 Å². The number of hydrogen-bond acceptors (Lipinski definition) is 2. The van der Waals surface area contributed by atoms with E-state index in [0.29, 0.717) is 12.3 Å². The Labute approximate surface area is 134 Å². The van der Waals surface area contributed by atoms with Gasteiger partial charge in [-0.2, -0.15) is 0 Å². The van der Waals surface area contributed by atoms with Gasteiger partial charge in [0.15, 0.2) is 0 Å². The van der Waals surface area contributed by atoms with Gasteiger partial charge >= 0.3 is 0 Å². The summed E-state index contributed by atoms with van der Waals surface area (Å²) in [6.07, 6.45) is 0.0355. The molecule has 0 bridgehead atoms. The van der Waals surface area contributed by atoms with Gasteiger partial charge in [0.1, 0.15) is 5.75 Å². The summed E-state index contributed by atoms with van der Waals surface area (Å²) in [5, 5.41) is 10.4. The maximum absolute atomic E-state index is 10.4. The first kappa shape index (κ1) is 16.1. The van der Waals surface area contributed by atoms with Crippen LogP contribution in [0.3, 0.4) is 0 Å². The lowest BCUT2D eigenvalue weighted by atomic mass is 9.97. The van der Waals surface area contributed by atoms with E-state index in [4.69, 9.17) is 4.74 Å². The van der Waals surface area contributed by atoms with Gasteiger partial charge in [-0.15, -0.1) is 0 Å². The molecule has 3 heteroatoms. The minimum atomic E-state index is -0.519. The Morgan fingerprint density at radius 1 is 1.05 bits per heavy atom. The second-order valence-corrected chi connectivity index (χ2v) is 6.35. The monoisotopic (exact) mass is 348 g/mol. The topological polar surface area (TPSA) is 29.5 Å². The molecule has 2 nitrogen and oxygen atoms in total. The number of halogens is 1. The van der Waals surface area contributed by atoms with Crippen molar-refractivity contribution in [1.82, 2.24) is 0 Å². The predicted molar refractivity (Wildman–Crippen MR) is 89.9 cm³/mol. The highest BCUT2D eigenvalue weighted by molar-refractivity contribution is 9.10. The van der Waals surface area contributed by atoms with Gasteiger partial charge in [-0.25, -0.2) is 0 Å². The molecular weight excluding hydrogens is 328 g/mol. The number of benzene rings is 2. The van der Waals surface area contributed by atoms with E-state index in [1.165, 1.54) is 5.56 Å². The van der Waals surface area contributed by atoms with E-state index in [1.807, 2.05) is 30.3 Å². The standard InChI is InChI=1S/C18H21BrO2/c1-12(2)13-4-6-14(7-5-13)18(20)11-15-10-16(21-3)8-9-17(15)19/h4-10,12,18,20H,11H2,1-3H3. The molecule has 1 atom stereocenters. The highest BCUT2D eigenvalue weighted by Gasteiger charge is 2.12. The quantitative estimate of drug-likeness (QED) is 0.836. The van der Waals surface area contributed by atoms with Gasteiger partial charge in [-0.3, -0.25) is 0 Å². The third-order valence-electron chi connectivity index (χ3n) is 3.65. The summed E-state index contributed by atoms with van der Waals surface area (Å²) in [4.78, 5) is 0. The maximum Gasteiger partial charge on any atom is 0.119 e. The second-order valence-electron chi connectivity index (χ2n) is 5.50. The lowest BCUT2D eigenvalue weighted by Gasteiger charge is -2.14. The number of aliphatic hydroxyl groups is 1. The van der Waals surface area contributed by atoms with Gasteiger partial charge in [0.25, 0.3) is 0 Å². The zero-order valence-corrected chi connectivity index (χ0v) is 14.2. The first-order valence-electron chi connectivity index (χ1n) is 7.11. The number of ether oxygens (including phenoxy) is 1. The van der Waals surface area contributed by atoms with Crippen LogP contribution in [0.2, 0.25) is 0 Å². The Morgan fingerprint density at radius 3 is 2.24 bits per heavy atom. The minimum absolute atomic E-state index is 0.503. The molecule has 21 heavy (non-hydrogen) atoms. The highest BCUT2D eigenvalue weighted by Crippen LogP contribution is 2.28. The minimum Gasteiger partial charge on any atom is -0.497 e. The summed E-state index contributed by atoms with van der Waals surface area (Å²) in [6, 6.07) is 14.0. The van der Waals surface area contributed by atoms with Crippen molar-refractivity contribution < 1.29 is 9.84 Å². The SMILES string of the molecule is COc1ccc(Br)c(CC(O)c2ccc(C(C)C)cc2)c1. The van der Waals surface area contributed by atoms with Crippen molar-refractivity contribution in [3.8, 4) is 5.75 Å². The van der Waals surface area contributed by atoms with Gasteiger partial charge in [0.2, 0.25) is 0 Å². The molecule has 0 amide bonds. The average molecular weight is 349 g/mol. The molecule has 0 fully saturated rings. The van der Waals surface area contributed by atoms with Crippen molar-refractivity contribution in [2.75, 3.05) is 7.11 Å². The Kier molecular flexibility index (Phi) is 5.43. The average Bonchev–Trinajstić information content (AvgIpc) is 2.49. The number of aliphatic hydroxyl groups excluding tert-OH is 1. The molecule has 0 aromatic heterocycles. The molecule has 2 aromatic rings. The summed E-state index contributed by atoms with van der Waals surface area (Å²) in [5.41, 5.74) is 3.26. The fourth-order valence-electron chi connectivity index (χ4n) is 2.26. The van der Waals surface area contributed by atoms with Crippen molar-refractivity contribution in [2.24, 2.45) is 0 Å². The predicted octanol–water partition coefficient (Wildman–Crippen LogP) is 4.86. The van der Waals surface area contributed by atoms with Crippen LogP contribution in [0.25, 0.3) is 0 Å². The fourth-order valence-corrected chi connectivity index (χ4v) is 2.67. The molecule has 2 aromatic carbocycles. The van der Waals surface area contributed by atoms with Crippen molar-refractivity contribution in [2.45, 2.75) is 32.3 Å². The van der Waals surface area contributed by atoms with Gasteiger partial charge < -0.3 is 9.84 Å². The lowest BCUT2D eigenvalue weighted by Crippen LogP contribution is -2.03. The molecule has 0 aliphatic rings. The van der Waals surface area contributed by atoms with E-state index in [1.54, 1.807) is 7.11 Å². The van der Waals surface area contributed by atoms with Crippen molar-refractivity contribution in [3.05, 3.63) is 63.6 Å². The number of methoxy groups -OCH3 is 1. The Bertz CT molecular complexity index is 591. The van der Waals surface area contributed by atoms with E-state index >= 15 is 0 Å². The summed E-state index contributed by atoms with van der Waals surface area (Å²) >= 11 is 3.52. The molecule has 2 rings (SSSR count). The second kappa shape index (κ2) is 7.10. The third kappa shape index (κ3) is 4.08. The lowest BCUT2D eigenvalue weighted by molar-refractivity contribution is 0.178. The number of hydrogen-bond donors (Lipinski definition) is 1. The van der Waals surface area contributed by atoms with Crippen LogP contribution in [0.1, 0.15) is 42.6 Å². The maximum atomic E-state index is 10.4. The van der Waals surface area contributed by atoms with Crippen LogP contribution in [-0.4, -0.2) is 12.2 Å². The Hall–Kier alpha value is -1.32. The summed E-state index contributed by atoms with van der Waals surface area (Å²) in [6.45, 7) is 4.33. The van der Waals surface area contributed by atoms with Crippen LogP contribution in [0, 0.1) is 0 Å². The van der Waals surface area contributed by atoms with Crippen LogP contribution in [0.5, 0.6) is 5.75 Å². The summed E-state index contributed by atoms with van der Waals surface area (Å²) < 4.78 is 6.22. The van der Waals surface area contributed by atoms with E-state index in [0.717, 1.165) is 21.3 Å². The highest BCUT2D eigenvalue weighted by atomic mass is 79.9. The van der Waals surface area contributed by atoms with Gasteiger partial charge in [0, 0.05) is 10.9 Å². The van der Waals surface area contributed by atoms with Crippen LogP contribution in [0.15, 0.2) is 46.9 Å². The fraction of sp³-hybridized carbons (Fsp3) is 0.333. The van der Waals surface area contributed by atoms with E-state index < -0.39 is 6.10 Å². The first-order chi connectivity index (χ1) is 10.0. The molecule has 0 heterocycles.